The number of thioether (sulfide) groups is 1. The van der Waals surface area contributed by atoms with Crippen molar-refractivity contribution in [2.24, 2.45) is 17.8 Å². The van der Waals surface area contributed by atoms with Crippen molar-refractivity contribution in [1.82, 2.24) is 24.9 Å². The number of carbonyl (C=O) groups excluding carboxylic acids is 1. The molecular formula is C22H25N5O2S. The monoisotopic (exact) mass is 423 g/mol. The van der Waals surface area contributed by atoms with Gasteiger partial charge < -0.3 is 5.32 Å². The molecule has 2 bridgehead atoms. The van der Waals surface area contributed by atoms with E-state index in [0.29, 0.717) is 34.4 Å². The Hall–Kier alpha value is -2.48. The van der Waals surface area contributed by atoms with Crippen molar-refractivity contribution in [3.63, 3.8) is 0 Å². The van der Waals surface area contributed by atoms with Crippen LogP contribution in [0.3, 0.4) is 0 Å². The Morgan fingerprint density at radius 2 is 2.03 bits per heavy atom. The Morgan fingerprint density at radius 3 is 2.87 bits per heavy atom. The first-order valence-corrected chi connectivity index (χ1v) is 11.6. The third-order valence-corrected chi connectivity index (χ3v) is 7.66. The lowest BCUT2D eigenvalue weighted by Crippen LogP contribution is -2.44. The van der Waals surface area contributed by atoms with Gasteiger partial charge in [0.2, 0.25) is 5.91 Å². The summed E-state index contributed by atoms with van der Waals surface area (Å²) in [5.41, 5.74) is 1.17. The largest absolute Gasteiger partial charge is 0.352 e. The molecule has 2 aliphatic rings. The van der Waals surface area contributed by atoms with Crippen LogP contribution in [0, 0.1) is 24.7 Å². The van der Waals surface area contributed by atoms with E-state index in [2.05, 4.69) is 27.3 Å². The number of benzene rings is 1. The summed E-state index contributed by atoms with van der Waals surface area (Å²) in [5, 5.41) is 9.03. The maximum absolute atomic E-state index is 12.8. The first kappa shape index (κ1) is 19.5. The molecule has 1 N–H and O–H groups in total. The number of fused-ring (bicyclic) bond motifs is 5. The number of nitrogens with zero attached hydrogens (tertiary/aromatic N) is 4. The van der Waals surface area contributed by atoms with Crippen LogP contribution < -0.4 is 10.9 Å². The van der Waals surface area contributed by atoms with Crippen LogP contribution >= 0.6 is 11.8 Å². The molecule has 30 heavy (non-hydrogen) atoms. The van der Waals surface area contributed by atoms with Crippen LogP contribution in [0.1, 0.15) is 38.3 Å². The summed E-state index contributed by atoms with van der Waals surface area (Å²) < 4.78 is 1.59. The summed E-state index contributed by atoms with van der Waals surface area (Å²) in [6.45, 7) is 3.87. The second-order valence-electron chi connectivity index (χ2n) is 8.44. The van der Waals surface area contributed by atoms with Crippen LogP contribution in [0.15, 0.2) is 34.2 Å². The van der Waals surface area contributed by atoms with Crippen LogP contribution in [0.4, 0.5) is 0 Å². The standard InChI is InChI=1S/C22H25N5O2S/c1-3-15-13-8-9-14(10-13)19(15)24-18(28)11-30-22-23-17-7-5-4-6-16(17)20-25-21(29)12(2)26-27(20)22/h4-7,13-15,19H,3,8-11H2,1-2H3,(H,24,28)/t13-,14+,15+,19-/m1/s1. The van der Waals surface area contributed by atoms with Gasteiger partial charge in [-0.25, -0.2) is 4.98 Å². The van der Waals surface area contributed by atoms with E-state index in [9.17, 15) is 9.59 Å². The molecule has 1 amide bonds. The maximum Gasteiger partial charge on any atom is 0.294 e. The zero-order valence-electron chi connectivity index (χ0n) is 17.2. The molecule has 5 rings (SSSR count). The van der Waals surface area contributed by atoms with Gasteiger partial charge in [-0.15, -0.1) is 0 Å². The lowest BCUT2D eigenvalue weighted by Gasteiger charge is -2.31. The number of aromatic nitrogens is 4. The fourth-order valence-electron chi connectivity index (χ4n) is 5.36. The molecule has 7 nitrogen and oxygen atoms in total. The van der Waals surface area contributed by atoms with Gasteiger partial charge in [-0.05, 0) is 56.1 Å². The lowest BCUT2D eigenvalue weighted by atomic mass is 9.83. The highest BCUT2D eigenvalue weighted by Crippen LogP contribution is 2.49. The van der Waals surface area contributed by atoms with E-state index in [0.717, 1.165) is 23.2 Å². The van der Waals surface area contributed by atoms with Crippen molar-refractivity contribution in [1.29, 1.82) is 0 Å². The number of para-hydroxylation sites is 1. The molecule has 3 aromatic rings. The molecule has 0 aliphatic heterocycles. The minimum atomic E-state index is -0.345. The highest BCUT2D eigenvalue weighted by atomic mass is 32.2. The smallest absolute Gasteiger partial charge is 0.294 e. The van der Waals surface area contributed by atoms with Crippen LogP contribution in [-0.4, -0.2) is 37.3 Å². The normalized spacial score (nSPS) is 25.3. The summed E-state index contributed by atoms with van der Waals surface area (Å²) in [7, 11) is 0. The molecule has 4 atom stereocenters. The number of hydrogen-bond acceptors (Lipinski definition) is 6. The number of rotatable bonds is 5. The van der Waals surface area contributed by atoms with Gasteiger partial charge >= 0.3 is 0 Å². The summed E-state index contributed by atoms with van der Waals surface area (Å²) >= 11 is 1.33. The molecule has 2 heterocycles. The third kappa shape index (κ3) is 3.27. The molecular weight excluding hydrogens is 398 g/mol. The average molecular weight is 424 g/mol. The summed E-state index contributed by atoms with van der Waals surface area (Å²) in [4.78, 5) is 33.8. The van der Waals surface area contributed by atoms with E-state index in [1.165, 1.54) is 31.0 Å². The highest BCUT2D eigenvalue weighted by molar-refractivity contribution is 7.99. The van der Waals surface area contributed by atoms with Gasteiger partial charge in [0.25, 0.3) is 5.56 Å². The van der Waals surface area contributed by atoms with Crippen LogP contribution in [0.2, 0.25) is 0 Å². The van der Waals surface area contributed by atoms with Crippen molar-refractivity contribution in [3.8, 4) is 0 Å². The van der Waals surface area contributed by atoms with Crippen molar-refractivity contribution >= 4 is 34.2 Å². The summed E-state index contributed by atoms with van der Waals surface area (Å²) in [6, 6.07) is 7.85. The molecule has 2 aliphatic carbocycles. The van der Waals surface area contributed by atoms with Gasteiger partial charge in [0.05, 0.1) is 11.3 Å². The molecule has 2 aromatic heterocycles. The zero-order chi connectivity index (χ0) is 20.8. The van der Waals surface area contributed by atoms with Gasteiger partial charge in [-0.2, -0.15) is 14.6 Å². The third-order valence-electron chi connectivity index (χ3n) is 6.73. The molecule has 2 saturated carbocycles. The topological polar surface area (TPSA) is 89.2 Å². The molecule has 0 saturated heterocycles. The maximum atomic E-state index is 12.8. The fourth-order valence-corrected chi connectivity index (χ4v) is 6.11. The fraction of sp³-hybridized carbons (Fsp3) is 0.500. The summed E-state index contributed by atoms with van der Waals surface area (Å²) in [5.74, 6) is 2.31. The van der Waals surface area contributed by atoms with Gasteiger partial charge in [0, 0.05) is 11.4 Å². The van der Waals surface area contributed by atoms with E-state index in [1.54, 1.807) is 11.4 Å². The molecule has 8 heteroatoms. The first-order valence-electron chi connectivity index (χ1n) is 10.6. The van der Waals surface area contributed by atoms with Crippen molar-refractivity contribution < 1.29 is 4.79 Å². The van der Waals surface area contributed by atoms with Crippen LogP contribution in [0.5, 0.6) is 0 Å². The Morgan fingerprint density at radius 1 is 1.23 bits per heavy atom. The van der Waals surface area contributed by atoms with Crippen LogP contribution in [-0.2, 0) is 4.79 Å². The quantitative estimate of drug-likeness (QED) is 0.386. The number of hydrogen-bond donors (Lipinski definition) is 1. The molecule has 156 valence electrons. The highest BCUT2D eigenvalue weighted by Gasteiger charge is 2.46. The number of amides is 1. The Labute approximate surface area is 178 Å². The Bertz CT molecular complexity index is 1190. The van der Waals surface area contributed by atoms with E-state index >= 15 is 0 Å². The SMILES string of the molecule is CC[C@H]1[C@@H]2CC[C@@H](C2)[C@H]1NC(=O)CSc1nc2ccccc2c2nc(=O)c(C)nn12. The minimum absolute atomic E-state index is 0.0323. The van der Waals surface area contributed by atoms with E-state index in [4.69, 9.17) is 0 Å². The molecule has 0 spiro atoms. The predicted octanol–water partition coefficient (Wildman–Crippen LogP) is 2.98. The van der Waals surface area contributed by atoms with Gasteiger partial charge in [0.1, 0.15) is 5.69 Å². The van der Waals surface area contributed by atoms with E-state index < -0.39 is 0 Å². The zero-order valence-corrected chi connectivity index (χ0v) is 18.0. The van der Waals surface area contributed by atoms with E-state index in [-0.39, 0.29) is 17.2 Å². The predicted molar refractivity (Wildman–Crippen MR) is 117 cm³/mol. The number of carbonyl (C=O) groups is 1. The number of nitrogens with one attached hydrogen (secondary N) is 1. The van der Waals surface area contributed by atoms with Crippen molar-refractivity contribution in [3.05, 3.63) is 40.3 Å². The second kappa shape index (κ2) is 7.65. The Kier molecular flexibility index (Phi) is 4.97. The Balaban J connectivity index is 1.40. The molecule has 2 fully saturated rings. The lowest BCUT2D eigenvalue weighted by molar-refractivity contribution is -0.120. The van der Waals surface area contributed by atoms with Crippen LogP contribution in [0.25, 0.3) is 16.6 Å². The molecule has 1 aromatic carbocycles. The van der Waals surface area contributed by atoms with Crippen molar-refractivity contribution in [2.75, 3.05) is 5.75 Å². The van der Waals surface area contributed by atoms with Gasteiger partial charge in [-0.3, -0.25) is 9.59 Å². The number of aryl methyl sites for hydroxylation is 1. The van der Waals surface area contributed by atoms with Crippen molar-refractivity contribution in [2.45, 2.75) is 50.7 Å². The summed E-state index contributed by atoms with van der Waals surface area (Å²) in [6.07, 6.45) is 4.93. The van der Waals surface area contributed by atoms with Gasteiger partial charge in [-0.1, -0.05) is 37.2 Å². The average Bonchev–Trinajstić information content (AvgIpc) is 3.35. The molecule has 0 unspecified atom stereocenters. The molecule has 0 radical (unpaired) electrons. The van der Waals surface area contributed by atoms with Gasteiger partial charge in [0.15, 0.2) is 10.8 Å². The first-order chi connectivity index (χ1) is 14.5. The minimum Gasteiger partial charge on any atom is -0.352 e. The second-order valence-corrected chi connectivity index (χ2v) is 9.38. The van der Waals surface area contributed by atoms with E-state index in [1.807, 2.05) is 24.3 Å².